The van der Waals surface area contributed by atoms with Gasteiger partial charge in [0.1, 0.15) is 0 Å². The lowest BCUT2D eigenvalue weighted by atomic mass is 10.2. The molecule has 0 saturated heterocycles. The number of guanidine groups is 2. The van der Waals surface area contributed by atoms with E-state index in [4.69, 9.17) is 11.0 Å². The summed E-state index contributed by atoms with van der Waals surface area (Å²) in [5.74, 6) is 2.64. The van der Waals surface area contributed by atoms with Crippen molar-refractivity contribution in [3.63, 3.8) is 0 Å². The Hall–Kier alpha value is -3.72. The first-order chi connectivity index (χ1) is 19.2. The van der Waals surface area contributed by atoms with Gasteiger partial charge < -0.3 is 27.0 Å². The van der Waals surface area contributed by atoms with Crippen molar-refractivity contribution in [3.05, 3.63) is 82.9 Å². The minimum absolute atomic E-state index is 0. The smallest absolute Gasteiger partial charge is 0.212 e. The topological polar surface area (TPSA) is 136 Å². The van der Waals surface area contributed by atoms with Crippen molar-refractivity contribution in [3.8, 4) is 6.19 Å². The number of benzene rings is 2. The van der Waals surface area contributed by atoms with Gasteiger partial charge in [0.25, 0.3) is 0 Å². The van der Waals surface area contributed by atoms with Crippen molar-refractivity contribution < 1.29 is 0 Å². The van der Waals surface area contributed by atoms with Gasteiger partial charge in [0, 0.05) is 43.0 Å². The Labute approximate surface area is 250 Å². The van der Waals surface area contributed by atoms with Gasteiger partial charge in [-0.2, -0.15) is 22.0 Å². The molecule has 0 radical (unpaired) electrons. The zero-order valence-corrected chi connectivity index (χ0v) is 24.9. The molecule has 3 aromatic rings. The summed E-state index contributed by atoms with van der Waals surface area (Å²) in [6.07, 6.45) is 6.83. The Morgan fingerprint density at radius 3 is 2.67 bits per heavy atom. The van der Waals surface area contributed by atoms with Crippen LogP contribution in [0.4, 0.5) is 10.8 Å². The molecular weight excluding hydrogens is 562 g/mol. The molecule has 0 bridgehead atoms. The number of halogens is 1. The maximum absolute atomic E-state index is 8.99. The first-order valence-electron chi connectivity index (χ1n) is 12.8. The number of thioether (sulfide) groups is 1. The summed E-state index contributed by atoms with van der Waals surface area (Å²) < 4.78 is 0. The highest BCUT2D eigenvalue weighted by molar-refractivity contribution is 7.98. The van der Waals surface area contributed by atoms with E-state index >= 15 is 0 Å². The van der Waals surface area contributed by atoms with E-state index < -0.39 is 0 Å². The van der Waals surface area contributed by atoms with E-state index in [0.717, 1.165) is 48.0 Å². The molecule has 0 aliphatic heterocycles. The van der Waals surface area contributed by atoms with Crippen LogP contribution in [0.15, 0.2) is 76.0 Å². The SMILES string of the molecule is CCNC(N)=Nc1nc(CSCCCNC(=NC#N)NCC=Cc2ccc(NCc3ccccc3)cc2)cs1.Cl. The Kier molecular flexibility index (Phi) is 15.7. The normalized spacial score (nSPS) is 11.5. The van der Waals surface area contributed by atoms with Crippen molar-refractivity contribution in [1.29, 1.82) is 5.26 Å². The largest absolute Gasteiger partial charge is 0.381 e. The minimum Gasteiger partial charge on any atom is -0.381 e. The number of aromatic nitrogens is 1. The monoisotopic (exact) mass is 597 g/mol. The third-order valence-corrected chi connectivity index (χ3v) is 7.09. The number of nitrogens with zero attached hydrogens (tertiary/aromatic N) is 4. The fourth-order valence-electron chi connectivity index (χ4n) is 3.35. The van der Waals surface area contributed by atoms with Crippen molar-refractivity contribution in [2.24, 2.45) is 15.7 Å². The Morgan fingerprint density at radius 1 is 1.12 bits per heavy atom. The van der Waals surface area contributed by atoms with E-state index in [1.807, 2.05) is 48.8 Å². The van der Waals surface area contributed by atoms with Gasteiger partial charge >= 0.3 is 0 Å². The first-order valence-corrected chi connectivity index (χ1v) is 14.8. The zero-order chi connectivity index (χ0) is 27.5. The van der Waals surface area contributed by atoms with Crippen LogP contribution in [0.25, 0.3) is 6.08 Å². The molecule has 0 amide bonds. The van der Waals surface area contributed by atoms with E-state index in [-0.39, 0.29) is 12.4 Å². The van der Waals surface area contributed by atoms with Gasteiger partial charge in [-0.15, -0.1) is 28.7 Å². The second-order valence-corrected chi connectivity index (χ2v) is 10.2. The van der Waals surface area contributed by atoms with E-state index in [2.05, 4.69) is 72.6 Å². The molecule has 0 atom stereocenters. The molecule has 1 heterocycles. The molecule has 9 nitrogen and oxygen atoms in total. The van der Waals surface area contributed by atoms with Crippen LogP contribution >= 0.6 is 35.5 Å². The van der Waals surface area contributed by atoms with Crippen LogP contribution < -0.4 is 27.0 Å². The number of nitrogens with two attached hydrogens (primary N) is 1. The number of aliphatic imine (C=N–C) groups is 2. The average Bonchev–Trinajstić information content (AvgIpc) is 3.39. The predicted octanol–water partition coefficient (Wildman–Crippen LogP) is 5.09. The molecule has 0 fully saturated rings. The quantitative estimate of drug-likeness (QED) is 0.0751. The molecule has 12 heteroatoms. The number of thiazole rings is 1. The lowest BCUT2D eigenvalue weighted by molar-refractivity contribution is 0.811. The second-order valence-electron chi connectivity index (χ2n) is 8.29. The van der Waals surface area contributed by atoms with Crippen molar-refractivity contribution >= 4 is 64.3 Å². The minimum atomic E-state index is 0. The van der Waals surface area contributed by atoms with Crippen LogP contribution in [-0.2, 0) is 12.3 Å². The van der Waals surface area contributed by atoms with Gasteiger partial charge in [-0.25, -0.2) is 4.98 Å². The number of nitriles is 1. The number of hydrogen-bond donors (Lipinski definition) is 5. The third-order valence-electron chi connectivity index (χ3n) is 5.23. The van der Waals surface area contributed by atoms with E-state index in [0.29, 0.717) is 30.1 Å². The number of rotatable bonds is 14. The fraction of sp³-hybridized carbons (Fsp3) is 0.286. The van der Waals surface area contributed by atoms with Crippen molar-refractivity contribution in [1.82, 2.24) is 20.9 Å². The van der Waals surface area contributed by atoms with Crippen LogP contribution in [0.5, 0.6) is 0 Å². The average molecular weight is 598 g/mol. The van der Waals surface area contributed by atoms with Crippen molar-refractivity contribution in [2.45, 2.75) is 25.6 Å². The molecule has 2 aromatic carbocycles. The summed E-state index contributed by atoms with van der Waals surface area (Å²) in [6, 6.07) is 18.6. The Bertz CT molecular complexity index is 1250. The number of nitrogens with one attached hydrogen (secondary N) is 4. The molecule has 0 unspecified atom stereocenters. The highest BCUT2D eigenvalue weighted by atomic mass is 35.5. The third kappa shape index (κ3) is 12.9. The second kappa shape index (κ2) is 19.4. The molecule has 0 aliphatic rings. The summed E-state index contributed by atoms with van der Waals surface area (Å²) in [5.41, 5.74) is 10.2. The predicted molar refractivity (Wildman–Crippen MR) is 173 cm³/mol. The standard InChI is InChI=1S/C28H35N9S2.ClH/c1-2-31-26(30)37-28-36-25(20-39-28)19-38-17-7-16-33-27(35-21-29)32-15-6-10-22-11-13-24(14-12-22)34-18-23-8-4-3-5-9-23;/h3-6,8-14,20,34H,2,7,15-19H2,1H3,(H2,32,33,35)(H3,30,31,36,37);1H. The molecule has 0 aliphatic carbocycles. The number of hydrogen-bond acceptors (Lipinski definition) is 7. The zero-order valence-electron chi connectivity index (χ0n) is 22.5. The van der Waals surface area contributed by atoms with Gasteiger partial charge in [-0.3, -0.25) is 0 Å². The van der Waals surface area contributed by atoms with Gasteiger partial charge in [0.2, 0.25) is 17.3 Å². The number of anilines is 1. The summed E-state index contributed by atoms with van der Waals surface area (Å²) in [5, 5.41) is 24.4. The summed E-state index contributed by atoms with van der Waals surface area (Å²) in [6.45, 7) is 4.77. The first kappa shape index (κ1) is 32.5. The summed E-state index contributed by atoms with van der Waals surface area (Å²) in [4.78, 5) is 12.6. The lowest BCUT2D eigenvalue weighted by Crippen LogP contribution is -2.37. The van der Waals surface area contributed by atoms with Gasteiger partial charge in [-0.05, 0) is 42.4 Å². The maximum Gasteiger partial charge on any atom is 0.212 e. The van der Waals surface area contributed by atoms with Crippen LogP contribution in [0.1, 0.15) is 30.2 Å². The molecule has 1 aromatic heterocycles. The van der Waals surface area contributed by atoms with Crippen LogP contribution in [0.3, 0.4) is 0 Å². The van der Waals surface area contributed by atoms with Crippen LogP contribution in [0, 0.1) is 11.5 Å². The molecule has 0 spiro atoms. The lowest BCUT2D eigenvalue weighted by Gasteiger charge is -2.09. The molecule has 212 valence electrons. The van der Waals surface area contributed by atoms with Crippen molar-refractivity contribution in [2.75, 3.05) is 30.7 Å². The Balaban J connectivity index is 0.00000560. The van der Waals surface area contributed by atoms with E-state index in [9.17, 15) is 0 Å². The Morgan fingerprint density at radius 2 is 1.93 bits per heavy atom. The molecule has 3 rings (SSSR count). The van der Waals surface area contributed by atoms with E-state index in [1.165, 1.54) is 16.9 Å². The molecule has 0 saturated carbocycles. The summed E-state index contributed by atoms with van der Waals surface area (Å²) in [7, 11) is 0. The molecule has 40 heavy (non-hydrogen) atoms. The van der Waals surface area contributed by atoms with E-state index in [1.54, 1.807) is 11.8 Å². The van der Waals surface area contributed by atoms with Gasteiger partial charge in [0.15, 0.2) is 5.96 Å². The maximum atomic E-state index is 8.99. The van der Waals surface area contributed by atoms with Crippen LogP contribution in [0.2, 0.25) is 0 Å². The molecule has 6 N–H and O–H groups in total. The van der Waals surface area contributed by atoms with Gasteiger partial charge in [0.05, 0.1) is 5.69 Å². The summed E-state index contributed by atoms with van der Waals surface area (Å²) >= 11 is 3.29. The highest BCUT2D eigenvalue weighted by Gasteiger charge is 2.03. The fourth-order valence-corrected chi connectivity index (χ4v) is 5.00. The highest BCUT2D eigenvalue weighted by Crippen LogP contribution is 2.22. The molecular formula is C28H36ClN9S2. The van der Waals surface area contributed by atoms with Gasteiger partial charge in [-0.1, -0.05) is 54.6 Å². The van der Waals surface area contributed by atoms with Crippen LogP contribution in [-0.4, -0.2) is 42.3 Å².